The van der Waals surface area contributed by atoms with Gasteiger partial charge in [-0.15, -0.1) is 0 Å². The first-order chi connectivity index (χ1) is 11.9. The number of nitriles is 1. The van der Waals surface area contributed by atoms with Crippen molar-refractivity contribution in [1.29, 1.82) is 5.26 Å². The van der Waals surface area contributed by atoms with Crippen molar-refractivity contribution in [2.24, 2.45) is 0 Å². The molecule has 0 aliphatic carbocycles. The number of hydrogen-bond acceptors (Lipinski definition) is 6. The van der Waals surface area contributed by atoms with Gasteiger partial charge in [-0.1, -0.05) is 11.6 Å². The number of hydrogen-bond donors (Lipinski definition) is 0. The Morgan fingerprint density at radius 2 is 1.76 bits per heavy atom. The van der Waals surface area contributed by atoms with Gasteiger partial charge in [-0.3, -0.25) is 0 Å². The summed E-state index contributed by atoms with van der Waals surface area (Å²) in [6.07, 6.45) is 0. The molecule has 7 nitrogen and oxygen atoms in total. The summed E-state index contributed by atoms with van der Waals surface area (Å²) in [4.78, 5) is 10.7. The number of anilines is 1. The molecular formula is C16H16ClN5O2S. The minimum atomic E-state index is -3.55. The number of aromatic nitrogens is 2. The molecule has 25 heavy (non-hydrogen) atoms. The lowest BCUT2D eigenvalue weighted by molar-refractivity contribution is 0.382. The minimum absolute atomic E-state index is 0.226. The lowest BCUT2D eigenvalue weighted by Crippen LogP contribution is -2.49. The Bertz CT molecular complexity index is 917. The highest BCUT2D eigenvalue weighted by Gasteiger charge is 2.29. The van der Waals surface area contributed by atoms with E-state index in [1.165, 1.54) is 16.4 Å². The average Bonchev–Trinajstić information content (AvgIpc) is 2.61. The minimum Gasteiger partial charge on any atom is -0.338 e. The molecule has 0 saturated carbocycles. The fraction of sp³-hybridized carbons (Fsp3) is 0.312. The van der Waals surface area contributed by atoms with E-state index in [0.29, 0.717) is 48.5 Å². The van der Waals surface area contributed by atoms with E-state index in [0.717, 1.165) is 0 Å². The molecule has 130 valence electrons. The zero-order valence-corrected chi connectivity index (χ0v) is 15.1. The topological polar surface area (TPSA) is 90.2 Å². The first-order valence-electron chi connectivity index (χ1n) is 7.66. The van der Waals surface area contributed by atoms with Gasteiger partial charge in [0.1, 0.15) is 11.8 Å². The molecule has 1 aliphatic rings. The second kappa shape index (κ2) is 6.96. The number of benzene rings is 1. The van der Waals surface area contributed by atoms with Gasteiger partial charge in [-0.25, -0.2) is 18.4 Å². The fourth-order valence-electron chi connectivity index (χ4n) is 2.64. The van der Waals surface area contributed by atoms with E-state index in [1.807, 2.05) is 11.0 Å². The van der Waals surface area contributed by atoms with Crippen LogP contribution in [-0.4, -0.2) is 48.9 Å². The van der Waals surface area contributed by atoms with E-state index in [2.05, 4.69) is 9.97 Å². The standard InChI is InChI=1S/C16H16ClN5O2S/c1-12-10-14(11-18)20-16(19-12)21-6-8-22(9-7-21)25(23,24)15-4-2-13(17)3-5-15/h2-5,10H,6-9H2,1H3. The van der Waals surface area contributed by atoms with Crippen molar-refractivity contribution in [2.75, 3.05) is 31.1 Å². The van der Waals surface area contributed by atoms with E-state index >= 15 is 0 Å². The molecule has 1 saturated heterocycles. The van der Waals surface area contributed by atoms with Gasteiger partial charge >= 0.3 is 0 Å². The summed E-state index contributed by atoms with van der Waals surface area (Å²) in [5, 5.41) is 9.52. The highest BCUT2D eigenvalue weighted by Crippen LogP contribution is 2.21. The normalized spacial score (nSPS) is 15.8. The van der Waals surface area contributed by atoms with Crippen LogP contribution in [0.25, 0.3) is 0 Å². The zero-order chi connectivity index (χ0) is 18.0. The fourth-order valence-corrected chi connectivity index (χ4v) is 4.18. The molecule has 1 fully saturated rings. The third-order valence-electron chi connectivity index (χ3n) is 3.93. The molecule has 1 aromatic heterocycles. The van der Waals surface area contributed by atoms with Crippen molar-refractivity contribution in [3.63, 3.8) is 0 Å². The largest absolute Gasteiger partial charge is 0.338 e. The molecule has 0 amide bonds. The van der Waals surface area contributed by atoms with Gasteiger partial charge in [0.25, 0.3) is 0 Å². The molecule has 0 spiro atoms. The highest BCUT2D eigenvalue weighted by molar-refractivity contribution is 7.89. The lowest BCUT2D eigenvalue weighted by Gasteiger charge is -2.34. The number of rotatable bonds is 3. The van der Waals surface area contributed by atoms with Crippen LogP contribution >= 0.6 is 11.6 Å². The van der Waals surface area contributed by atoms with Crippen LogP contribution in [0.1, 0.15) is 11.4 Å². The molecule has 0 bridgehead atoms. The van der Waals surface area contributed by atoms with Crippen molar-refractivity contribution < 1.29 is 8.42 Å². The maximum Gasteiger partial charge on any atom is 0.243 e. The van der Waals surface area contributed by atoms with Crippen LogP contribution in [0.3, 0.4) is 0 Å². The van der Waals surface area contributed by atoms with Crippen LogP contribution in [0.4, 0.5) is 5.95 Å². The average molecular weight is 378 g/mol. The summed E-state index contributed by atoms with van der Waals surface area (Å²) in [6, 6.07) is 9.77. The van der Waals surface area contributed by atoms with Crippen LogP contribution in [-0.2, 0) is 10.0 Å². The third kappa shape index (κ3) is 3.74. The second-order valence-electron chi connectivity index (χ2n) is 5.65. The zero-order valence-electron chi connectivity index (χ0n) is 13.6. The van der Waals surface area contributed by atoms with E-state index in [1.54, 1.807) is 25.1 Å². The van der Waals surface area contributed by atoms with Crippen molar-refractivity contribution in [2.45, 2.75) is 11.8 Å². The Kier molecular flexibility index (Phi) is 4.90. The van der Waals surface area contributed by atoms with Crippen molar-refractivity contribution in [1.82, 2.24) is 14.3 Å². The van der Waals surface area contributed by atoms with E-state index in [9.17, 15) is 8.42 Å². The predicted molar refractivity (Wildman–Crippen MR) is 93.9 cm³/mol. The Morgan fingerprint density at radius 3 is 2.36 bits per heavy atom. The summed E-state index contributed by atoms with van der Waals surface area (Å²) >= 11 is 5.82. The van der Waals surface area contributed by atoms with Gasteiger partial charge in [0.05, 0.1) is 4.90 Å². The molecule has 2 aromatic rings. The van der Waals surface area contributed by atoms with Crippen molar-refractivity contribution in [3.05, 3.63) is 46.7 Å². The summed E-state index contributed by atoms with van der Waals surface area (Å²) in [5.41, 5.74) is 1.01. The number of halogens is 1. The molecule has 0 radical (unpaired) electrons. The van der Waals surface area contributed by atoms with Crippen LogP contribution in [0.2, 0.25) is 5.02 Å². The number of nitrogens with zero attached hydrogens (tertiary/aromatic N) is 5. The van der Waals surface area contributed by atoms with Gasteiger partial charge in [0.2, 0.25) is 16.0 Å². The molecule has 0 unspecified atom stereocenters. The maximum atomic E-state index is 12.7. The van der Waals surface area contributed by atoms with Crippen molar-refractivity contribution in [3.8, 4) is 6.07 Å². The molecule has 3 rings (SSSR count). The summed E-state index contributed by atoms with van der Waals surface area (Å²) in [7, 11) is -3.55. The van der Waals surface area contributed by atoms with Crippen LogP contribution < -0.4 is 4.90 Å². The Morgan fingerprint density at radius 1 is 1.12 bits per heavy atom. The van der Waals surface area contributed by atoms with Gasteiger partial charge in [0, 0.05) is 36.9 Å². The molecule has 1 aromatic carbocycles. The van der Waals surface area contributed by atoms with E-state index < -0.39 is 10.0 Å². The number of piperazine rings is 1. The summed E-state index contributed by atoms with van der Waals surface area (Å²) < 4.78 is 26.8. The molecular weight excluding hydrogens is 362 g/mol. The molecule has 9 heteroatoms. The Balaban J connectivity index is 1.74. The lowest BCUT2D eigenvalue weighted by atomic mass is 10.3. The maximum absolute atomic E-state index is 12.7. The Hall–Kier alpha value is -2.21. The molecule has 2 heterocycles. The summed E-state index contributed by atoms with van der Waals surface area (Å²) in [6.45, 7) is 3.36. The third-order valence-corrected chi connectivity index (χ3v) is 6.09. The van der Waals surface area contributed by atoms with Gasteiger partial charge in [0.15, 0.2) is 0 Å². The quantitative estimate of drug-likeness (QED) is 0.810. The first kappa shape index (κ1) is 17.6. The smallest absolute Gasteiger partial charge is 0.243 e. The summed E-state index contributed by atoms with van der Waals surface area (Å²) in [5.74, 6) is 0.458. The van der Waals surface area contributed by atoms with Gasteiger partial charge in [-0.05, 0) is 37.3 Å². The monoisotopic (exact) mass is 377 g/mol. The molecule has 0 N–H and O–H groups in total. The SMILES string of the molecule is Cc1cc(C#N)nc(N2CCN(S(=O)(=O)c3ccc(Cl)cc3)CC2)n1. The van der Waals surface area contributed by atoms with Gasteiger partial charge in [-0.2, -0.15) is 9.57 Å². The van der Waals surface area contributed by atoms with Crippen molar-refractivity contribution >= 4 is 27.6 Å². The number of aryl methyl sites for hydroxylation is 1. The van der Waals surface area contributed by atoms with Crippen LogP contribution in [0.5, 0.6) is 0 Å². The number of sulfonamides is 1. The molecule has 0 atom stereocenters. The molecule has 1 aliphatic heterocycles. The first-order valence-corrected chi connectivity index (χ1v) is 9.48. The van der Waals surface area contributed by atoms with E-state index in [-0.39, 0.29) is 4.90 Å². The van der Waals surface area contributed by atoms with Crippen LogP contribution in [0.15, 0.2) is 35.2 Å². The van der Waals surface area contributed by atoms with E-state index in [4.69, 9.17) is 16.9 Å². The Labute approximate surface area is 151 Å². The highest BCUT2D eigenvalue weighted by atomic mass is 35.5. The second-order valence-corrected chi connectivity index (χ2v) is 8.03. The van der Waals surface area contributed by atoms with Crippen LogP contribution in [0, 0.1) is 18.3 Å². The van der Waals surface area contributed by atoms with Gasteiger partial charge < -0.3 is 4.90 Å². The predicted octanol–water partition coefficient (Wildman–Crippen LogP) is 1.82.